The minimum Gasteiger partial charge on any atom is -0.469 e. The van der Waals surface area contributed by atoms with Crippen molar-refractivity contribution in [1.82, 2.24) is 10.2 Å². The number of hydrogen-bond donors (Lipinski definition) is 2. The first-order chi connectivity index (χ1) is 11.4. The van der Waals surface area contributed by atoms with Crippen molar-refractivity contribution < 1.29 is 27.9 Å². The quantitative estimate of drug-likeness (QED) is 0.751. The van der Waals surface area contributed by atoms with Crippen LogP contribution in [0, 0.1) is 11.6 Å². The molecule has 1 atom stereocenters. The lowest BCUT2D eigenvalue weighted by Gasteiger charge is -2.33. The van der Waals surface area contributed by atoms with E-state index in [2.05, 4.69) is 15.4 Å². The largest absolute Gasteiger partial charge is 0.469 e. The molecule has 130 valence electrons. The summed E-state index contributed by atoms with van der Waals surface area (Å²) in [6.07, 6.45) is -0.190. The topological polar surface area (TPSA) is 87.7 Å². The lowest BCUT2D eigenvalue weighted by atomic mass is 10.1. The third-order valence-corrected chi connectivity index (χ3v) is 3.52. The number of hydrogen-bond acceptors (Lipinski definition) is 5. The molecule has 2 N–H and O–H groups in total. The lowest BCUT2D eigenvalue weighted by Crippen LogP contribution is -2.57. The molecule has 0 bridgehead atoms. The number of benzene rings is 1. The number of carbonyl (C=O) groups is 3. The molecule has 1 aromatic carbocycles. The number of ether oxygens (including phenoxy) is 1. The standard InChI is InChI=1S/C15H17F2N3O4/c1-24-14(22)7-12-15(23)18-2-3-20(12)8-13(21)19-11-5-9(16)4-10(17)6-11/h4-6,12H,2-3,7-8H2,1H3,(H,18,23)(H,19,21). The number of rotatable bonds is 5. The van der Waals surface area contributed by atoms with Gasteiger partial charge in [0.1, 0.15) is 17.7 Å². The van der Waals surface area contributed by atoms with Crippen molar-refractivity contribution >= 4 is 23.5 Å². The Hall–Kier alpha value is -2.55. The van der Waals surface area contributed by atoms with E-state index in [0.717, 1.165) is 12.1 Å². The van der Waals surface area contributed by atoms with Gasteiger partial charge >= 0.3 is 5.97 Å². The summed E-state index contributed by atoms with van der Waals surface area (Å²) in [6, 6.07) is 1.82. The SMILES string of the molecule is COC(=O)CC1C(=O)NCCN1CC(=O)Nc1cc(F)cc(F)c1. The van der Waals surface area contributed by atoms with Gasteiger partial charge in [0, 0.05) is 24.8 Å². The maximum absolute atomic E-state index is 13.1. The van der Waals surface area contributed by atoms with E-state index in [9.17, 15) is 23.2 Å². The first kappa shape index (κ1) is 17.8. The van der Waals surface area contributed by atoms with E-state index in [1.54, 1.807) is 0 Å². The molecule has 1 aromatic rings. The Morgan fingerprint density at radius 1 is 1.33 bits per heavy atom. The van der Waals surface area contributed by atoms with E-state index in [1.165, 1.54) is 12.0 Å². The van der Waals surface area contributed by atoms with Crippen LogP contribution in [0.15, 0.2) is 18.2 Å². The van der Waals surface area contributed by atoms with E-state index in [1.807, 2.05) is 0 Å². The molecule has 2 amide bonds. The Labute approximate surface area is 136 Å². The Morgan fingerprint density at radius 2 is 2.00 bits per heavy atom. The average molecular weight is 341 g/mol. The molecule has 0 spiro atoms. The highest BCUT2D eigenvalue weighted by molar-refractivity contribution is 5.93. The Bertz CT molecular complexity index is 633. The molecule has 1 fully saturated rings. The van der Waals surface area contributed by atoms with Gasteiger partial charge in [-0.1, -0.05) is 0 Å². The van der Waals surface area contributed by atoms with Crippen LogP contribution in [0.1, 0.15) is 6.42 Å². The predicted molar refractivity (Wildman–Crippen MR) is 80.0 cm³/mol. The molecule has 1 heterocycles. The summed E-state index contributed by atoms with van der Waals surface area (Å²) >= 11 is 0. The van der Waals surface area contributed by atoms with E-state index < -0.39 is 29.6 Å². The maximum atomic E-state index is 13.1. The number of nitrogens with one attached hydrogen (secondary N) is 2. The highest BCUT2D eigenvalue weighted by atomic mass is 19.1. The van der Waals surface area contributed by atoms with Crippen LogP contribution in [0.5, 0.6) is 0 Å². The predicted octanol–water partition coefficient (Wildman–Crippen LogP) is 0.267. The van der Waals surface area contributed by atoms with E-state index >= 15 is 0 Å². The molecule has 0 aromatic heterocycles. The van der Waals surface area contributed by atoms with E-state index in [0.29, 0.717) is 19.2 Å². The fourth-order valence-electron chi connectivity index (χ4n) is 2.43. The molecule has 7 nitrogen and oxygen atoms in total. The number of carbonyl (C=O) groups excluding carboxylic acids is 3. The van der Waals surface area contributed by atoms with Gasteiger partial charge < -0.3 is 15.4 Å². The fraction of sp³-hybridized carbons (Fsp3) is 0.400. The number of nitrogens with zero attached hydrogens (tertiary/aromatic N) is 1. The van der Waals surface area contributed by atoms with Crippen LogP contribution in [-0.2, 0) is 19.1 Å². The van der Waals surface area contributed by atoms with Gasteiger partial charge in [-0.3, -0.25) is 19.3 Å². The summed E-state index contributed by atoms with van der Waals surface area (Å²) in [6.45, 7) is 0.490. The molecule has 24 heavy (non-hydrogen) atoms. The molecule has 1 aliphatic rings. The molecule has 2 rings (SSSR count). The number of piperazine rings is 1. The number of amides is 2. The van der Waals surface area contributed by atoms with E-state index in [4.69, 9.17) is 0 Å². The monoisotopic (exact) mass is 341 g/mol. The van der Waals surface area contributed by atoms with Crippen molar-refractivity contribution in [3.05, 3.63) is 29.8 Å². The zero-order chi connectivity index (χ0) is 17.7. The molecular weight excluding hydrogens is 324 g/mol. The summed E-state index contributed by atoms with van der Waals surface area (Å²) in [4.78, 5) is 36.9. The summed E-state index contributed by atoms with van der Waals surface area (Å²) < 4.78 is 30.8. The zero-order valence-corrected chi connectivity index (χ0v) is 13.0. The van der Waals surface area contributed by atoms with Gasteiger partial charge in [0.2, 0.25) is 11.8 Å². The van der Waals surface area contributed by atoms with Gasteiger partial charge in [-0.25, -0.2) is 8.78 Å². The van der Waals surface area contributed by atoms with Crippen LogP contribution < -0.4 is 10.6 Å². The number of halogens is 2. The summed E-state index contributed by atoms with van der Waals surface area (Å²) in [5.41, 5.74) is -0.0246. The second kappa shape index (κ2) is 7.82. The van der Waals surface area contributed by atoms with Gasteiger partial charge in [-0.05, 0) is 12.1 Å². The summed E-state index contributed by atoms with van der Waals surface area (Å²) in [5.74, 6) is -3.13. The van der Waals surface area contributed by atoms with E-state index in [-0.39, 0.29) is 24.6 Å². The van der Waals surface area contributed by atoms with Gasteiger partial charge in [-0.15, -0.1) is 0 Å². The summed E-state index contributed by atoms with van der Waals surface area (Å²) in [7, 11) is 1.21. The molecule has 0 saturated carbocycles. The molecule has 1 saturated heterocycles. The first-order valence-electron chi connectivity index (χ1n) is 7.23. The van der Waals surface area contributed by atoms with Gasteiger partial charge in [0.15, 0.2) is 0 Å². The highest BCUT2D eigenvalue weighted by Crippen LogP contribution is 2.14. The van der Waals surface area contributed by atoms with Crippen LogP contribution in [0.3, 0.4) is 0 Å². The maximum Gasteiger partial charge on any atom is 0.307 e. The first-order valence-corrected chi connectivity index (χ1v) is 7.23. The average Bonchev–Trinajstić information content (AvgIpc) is 2.49. The van der Waals surface area contributed by atoms with Gasteiger partial charge in [-0.2, -0.15) is 0 Å². The number of anilines is 1. The highest BCUT2D eigenvalue weighted by Gasteiger charge is 2.33. The third kappa shape index (κ3) is 4.72. The van der Waals surface area contributed by atoms with Crippen LogP contribution in [0.25, 0.3) is 0 Å². The van der Waals surface area contributed by atoms with Crippen molar-refractivity contribution in [2.45, 2.75) is 12.5 Å². The Balaban J connectivity index is 2.02. The normalized spacial score (nSPS) is 18.0. The number of esters is 1. The van der Waals surface area contributed by atoms with Gasteiger partial charge in [0.05, 0.1) is 20.1 Å². The fourth-order valence-corrected chi connectivity index (χ4v) is 2.43. The molecule has 0 radical (unpaired) electrons. The Kier molecular flexibility index (Phi) is 5.80. The van der Waals surface area contributed by atoms with Crippen molar-refractivity contribution in [3.63, 3.8) is 0 Å². The molecule has 1 aliphatic heterocycles. The second-order valence-corrected chi connectivity index (χ2v) is 5.26. The van der Waals surface area contributed by atoms with Crippen LogP contribution in [0.4, 0.5) is 14.5 Å². The van der Waals surface area contributed by atoms with Crippen molar-refractivity contribution in [2.75, 3.05) is 32.1 Å². The smallest absolute Gasteiger partial charge is 0.307 e. The van der Waals surface area contributed by atoms with Crippen LogP contribution in [0.2, 0.25) is 0 Å². The van der Waals surface area contributed by atoms with Gasteiger partial charge in [0.25, 0.3) is 0 Å². The zero-order valence-electron chi connectivity index (χ0n) is 13.0. The molecular formula is C15H17F2N3O4. The summed E-state index contributed by atoms with van der Waals surface area (Å²) in [5, 5.41) is 4.98. The molecule has 1 unspecified atom stereocenters. The third-order valence-electron chi connectivity index (χ3n) is 3.52. The van der Waals surface area contributed by atoms with Crippen LogP contribution >= 0.6 is 0 Å². The van der Waals surface area contributed by atoms with Crippen molar-refractivity contribution in [2.24, 2.45) is 0 Å². The number of methoxy groups -OCH3 is 1. The molecule has 0 aliphatic carbocycles. The minimum absolute atomic E-state index is 0.0246. The van der Waals surface area contributed by atoms with Crippen LogP contribution in [-0.4, -0.2) is 55.5 Å². The van der Waals surface area contributed by atoms with Crippen molar-refractivity contribution in [1.29, 1.82) is 0 Å². The Morgan fingerprint density at radius 3 is 2.62 bits per heavy atom. The molecule has 9 heteroatoms. The second-order valence-electron chi connectivity index (χ2n) is 5.26. The minimum atomic E-state index is -0.832. The van der Waals surface area contributed by atoms with Crippen molar-refractivity contribution in [3.8, 4) is 0 Å². The lowest BCUT2D eigenvalue weighted by molar-refractivity contribution is -0.146.